The summed E-state index contributed by atoms with van der Waals surface area (Å²) in [6.07, 6.45) is 1.53. The first-order valence-electron chi connectivity index (χ1n) is 4.01. The van der Waals surface area contributed by atoms with Gasteiger partial charge in [-0.1, -0.05) is 0 Å². The van der Waals surface area contributed by atoms with Crippen LogP contribution in [0.5, 0.6) is 0 Å². The first-order valence-corrected chi connectivity index (χ1v) is 4.80. The molecule has 76 valence electrons. The van der Waals surface area contributed by atoms with Gasteiger partial charge in [0.1, 0.15) is 0 Å². The highest BCUT2D eigenvalue weighted by Gasteiger charge is 2.09. The highest BCUT2D eigenvalue weighted by molar-refractivity contribution is 9.10. The minimum atomic E-state index is -1.22. The zero-order chi connectivity index (χ0) is 11.0. The third-order valence-electron chi connectivity index (χ3n) is 1.90. The van der Waals surface area contributed by atoms with Crippen molar-refractivity contribution in [1.29, 1.82) is 0 Å². The van der Waals surface area contributed by atoms with Crippen LogP contribution < -0.4 is 5.69 Å². The number of fused-ring (bicyclic) bond motifs is 1. The van der Waals surface area contributed by atoms with E-state index in [0.717, 1.165) is 0 Å². The molecule has 0 radical (unpaired) electrons. The molecule has 2 rings (SSSR count). The van der Waals surface area contributed by atoms with E-state index in [4.69, 9.17) is 5.11 Å². The summed E-state index contributed by atoms with van der Waals surface area (Å²) in [4.78, 5) is 25.5. The molecule has 0 saturated carbocycles. The number of aromatic carboxylic acids is 1. The summed E-state index contributed by atoms with van der Waals surface area (Å²) in [5.41, 5.74) is -0.381. The maximum absolute atomic E-state index is 11.4. The SMILES string of the molecule is O=C(O)c1cc2c(Br)cccn2c(=O)n1. The van der Waals surface area contributed by atoms with Crippen molar-refractivity contribution in [3.63, 3.8) is 0 Å². The van der Waals surface area contributed by atoms with Crippen LogP contribution in [0.25, 0.3) is 5.52 Å². The Morgan fingerprint density at radius 1 is 1.53 bits per heavy atom. The Balaban J connectivity index is 2.92. The molecule has 0 amide bonds. The van der Waals surface area contributed by atoms with Crippen LogP contribution in [0.2, 0.25) is 0 Å². The molecule has 2 aromatic rings. The quantitative estimate of drug-likeness (QED) is 0.843. The third kappa shape index (κ3) is 1.63. The molecular weight excluding hydrogens is 264 g/mol. The minimum Gasteiger partial charge on any atom is -0.477 e. The van der Waals surface area contributed by atoms with Crippen molar-refractivity contribution < 1.29 is 9.90 Å². The van der Waals surface area contributed by atoms with E-state index in [1.165, 1.54) is 16.7 Å². The molecule has 0 aliphatic rings. The number of carbonyl (C=O) groups is 1. The van der Waals surface area contributed by atoms with Gasteiger partial charge >= 0.3 is 11.7 Å². The zero-order valence-electron chi connectivity index (χ0n) is 7.35. The molecule has 0 aliphatic carbocycles. The lowest BCUT2D eigenvalue weighted by Gasteiger charge is -2.02. The number of carboxylic acids is 1. The van der Waals surface area contributed by atoms with Crippen LogP contribution in [0, 0.1) is 0 Å². The number of hydrogen-bond donors (Lipinski definition) is 1. The number of aromatic nitrogens is 2. The lowest BCUT2D eigenvalue weighted by Crippen LogP contribution is -2.20. The molecule has 6 heteroatoms. The van der Waals surface area contributed by atoms with Crippen LogP contribution in [0.3, 0.4) is 0 Å². The topological polar surface area (TPSA) is 71.7 Å². The molecule has 0 fully saturated rings. The smallest absolute Gasteiger partial charge is 0.354 e. The Labute approximate surface area is 92.1 Å². The number of carboxylic acid groups (broad SMARTS) is 1. The van der Waals surface area contributed by atoms with E-state index in [2.05, 4.69) is 20.9 Å². The molecule has 2 aromatic heterocycles. The van der Waals surface area contributed by atoms with Gasteiger partial charge in [-0.3, -0.25) is 4.40 Å². The second kappa shape index (κ2) is 3.47. The van der Waals surface area contributed by atoms with Gasteiger partial charge in [-0.25, -0.2) is 9.59 Å². The van der Waals surface area contributed by atoms with Gasteiger partial charge < -0.3 is 5.11 Å². The molecule has 0 unspecified atom stereocenters. The van der Waals surface area contributed by atoms with Gasteiger partial charge in [0.15, 0.2) is 5.69 Å². The van der Waals surface area contributed by atoms with Crippen LogP contribution in [0.4, 0.5) is 0 Å². The molecule has 0 aliphatic heterocycles. The highest BCUT2D eigenvalue weighted by atomic mass is 79.9. The second-order valence-corrected chi connectivity index (χ2v) is 3.69. The van der Waals surface area contributed by atoms with Crippen molar-refractivity contribution in [3.05, 3.63) is 45.0 Å². The lowest BCUT2D eigenvalue weighted by molar-refractivity contribution is 0.0690. The van der Waals surface area contributed by atoms with Gasteiger partial charge in [-0.15, -0.1) is 0 Å². The number of pyridine rings is 1. The van der Waals surface area contributed by atoms with Crippen molar-refractivity contribution in [2.75, 3.05) is 0 Å². The third-order valence-corrected chi connectivity index (χ3v) is 2.57. The van der Waals surface area contributed by atoms with E-state index in [1.54, 1.807) is 12.1 Å². The predicted molar refractivity (Wildman–Crippen MR) is 56.1 cm³/mol. The fraction of sp³-hybridized carbons (Fsp3) is 0. The summed E-state index contributed by atoms with van der Waals surface area (Å²) in [6, 6.07) is 4.73. The summed E-state index contributed by atoms with van der Waals surface area (Å²) >= 11 is 3.23. The summed E-state index contributed by atoms with van der Waals surface area (Å²) in [6.45, 7) is 0. The summed E-state index contributed by atoms with van der Waals surface area (Å²) in [7, 11) is 0. The number of rotatable bonds is 1. The monoisotopic (exact) mass is 268 g/mol. The van der Waals surface area contributed by atoms with Gasteiger partial charge in [0, 0.05) is 10.7 Å². The van der Waals surface area contributed by atoms with Gasteiger partial charge in [0.25, 0.3) is 0 Å². The fourth-order valence-corrected chi connectivity index (χ4v) is 1.69. The second-order valence-electron chi connectivity index (χ2n) is 2.84. The standard InChI is InChI=1S/C9H5BrN2O3/c10-5-2-1-3-12-7(5)4-6(8(13)14)11-9(12)15/h1-4H,(H,13,14). The van der Waals surface area contributed by atoms with E-state index in [0.29, 0.717) is 9.99 Å². The zero-order valence-corrected chi connectivity index (χ0v) is 8.93. The van der Waals surface area contributed by atoms with Crippen molar-refractivity contribution in [2.24, 2.45) is 0 Å². The Morgan fingerprint density at radius 3 is 2.93 bits per heavy atom. The fourth-order valence-electron chi connectivity index (χ4n) is 1.23. The van der Waals surface area contributed by atoms with Gasteiger partial charge in [-0.05, 0) is 34.1 Å². The lowest BCUT2D eigenvalue weighted by atomic mass is 10.3. The van der Waals surface area contributed by atoms with Crippen LogP contribution in [-0.4, -0.2) is 20.5 Å². The molecule has 0 atom stereocenters. The molecule has 1 N–H and O–H groups in total. The van der Waals surface area contributed by atoms with E-state index in [9.17, 15) is 9.59 Å². The first kappa shape index (κ1) is 9.85. The van der Waals surface area contributed by atoms with E-state index < -0.39 is 11.7 Å². The molecule has 0 saturated heterocycles. The predicted octanol–water partition coefficient (Wildman–Crippen LogP) is 1.16. The van der Waals surface area contributed by atoms with Crippen molar-refractivity contribution in [2.45, 2.75) is 0 Å². The average Bonchev–Trinajstić information content (AvgIpc) is 2.19. The van der Waals surface area contributed by atoms with Crippen molar-refractivity contribution >= 4 is 27.4 Å². The Kier molecular flexibility index (Phi) is 2.28. The number of hydrogen-bond acceptors (Lipinski definition) is 3. The van der Waals surface area contributed by atoms with Crippen LogP contribution in [0.15, 0.2) is 33.7 Å². The largest absolute Gasteiger partial charge is 0.477 e. The number of halogens is 1. The van der Waals surface area contributed by atoms with Crippen molar-refractivity contribution in [3.8, 4) is 0 Å². The van der Waals surface area contributed by atoms with E-state index >= 15 is 0 Å². The molecule has 0 aromatic carbocycles. The van der Waals surface area contributed by atoms with Crippen LogP contribution in [0.1, 0.15) is 10.5 Å². The van der Waals surface area contributed by atoms with E-state index in [-0.39, 0.29) is 5.69 Å². The van der Waals surface area contributed by atoms with Crippen LogP contribution in [-0.2, 0) is 0 Å². The molecule has 0 bridgehead atoms. The van der Waals surface area contributed by atoms with Crippen molar-refractivity contribution in [1.82, 2.24) is 9.38 Å². The maximum atomic E-state index is 11.4. The Morgan fingerprint density at radius 2 is 2.27 bits per heavy atom. The molecular formula is C9H5BrN2O3. The molecule has 5 nitrogen and oxygen atoms in total. The van der Waals surface area contributed by atoms with Gasteiger partial charge in [0.05, 0.1) is 5.52 Å². The van der Waals surface area contributed by atoms with Gasteiger partial charge in [-0.2, -0.15) is 4.98 Å². The summed E-state index contributed by atoms with van der Waals surface area (Å²) in [5.74, 6) is -1.22. The maximum Gasteiger partial charge on any atom is 0.354 e. The molecule has 0 spiro atoms. The number of nitrogens with zero attached hydrogens (tertiary/aromatic N) is 2. The minimum absolute atomic E-state index is 0.257. The van der Waals surface area contributed by atoms with E-state index in [1.807, 2.05) is 0 Å². The first-order chi connectivity index (χ1) is 7.09. The van der Waals surface area contributed by atoms with Crippen LogP contribution >= 0.6 is 15.9 Å². The van der Waals surface area contributed by atoms with Gasteiger partial charge in [0.2, 0.25) is 0 Å². The molecule has 15 heavy (non-hydrogen) atoms. The Hall–Kier alpha value is -1.69. The Bertz CT molecular complexity index is 606. The summed E-state index contributed by atoms with van der Waals surface area (Å²) in [5, 5.41) is 8.73. The highest BCUT2D eigenvalue weighted by Crippen LogP contribution is 2.16. The summed E-state index contributed by atoms with van der Waals surface area (Å²) < 4.78 is 1.92. The molecule has 2 heterocycles. The normalized spacial score (nSPS) is 10.5. The average molecular weight is 269 g/mol.